The van der Waals surface area contributed by atoms with Gasteiger partial charge in [0.05, 0.1) is 11.9 Å². The SMILES string of the molecule is CNCc1ccc(OCc2ccc(F)cc2)cn1. The van der Waals surface area contributed by atoms with E-state index in [1.54, 1.807) is 18.3 Å². The Morgan fingerprint density at radius 3 is 2.56 bits per heavy atom. The van der Waals surface area contributed by atoms with Crippen LogP contribution in [0.2, 0.25) is 0 Å². The lowest BCUT2D eigenvalue weighted by Crippen LogP contribution is -2.06. The van der Waals surface area contributed by atoms with Crippen LogP contribution in [-0.4, -0.2) is 12.0 Å². The Bertz CT molecular complexity index is 482. The Kier molecular flexibility index (Phi) is 4.25. The predicted molar refractivity (Wildman–Crippen MR) is 67.7 cm³/mol. The van der Waals surface area contributed by atoms with Crippen LogP contribution >= 0.6 is 0 Å². The molecule has 18 heavy (non-hydrogen) atoms. The van der Waals surface area contributed by atoms with Crippen LogP contribution in [0.25, 0.3) is 0 Å². The lowest BCUT2D eigenvalue weighted by molar-refractivity contribution is 0.304. The molecule has 3 nitrogen and oxygen atoms in total. The zero-order valence-corrected chi connectivity index (χ0v) is 10.2. The zero-order valence-electron chi connectivity index (χ0n) is 10.2. The van der Waals surface area contributed by atoms with Crippen LogP contribution < -0.4 is 10.1 Å². The van der Waals surface area contributed by atoms with Gasteiger partial charge in [-0.3, -0.25) is 4.98 Å². The molecule has 2 rings (SSSR count). The second-order valence-electron chi connectivity index (χ2n) is 3.93. The van der Waals surface area contributed by atoms with Crippen LogP contribution in [0.5, 0.6) is 5.75 Å². The van der Waals surface area contributed by atoms with Gasteiger partial charge in [-0.2, -0.15) is 0 Å². The number of nitrogens with one attached hydrogen (secondary N) is 1. The van der Waals surface area contributed by atoms with E-state index in [1.807, 2.05) is 19.2 Å². The number of hydrogen-bond donors (Lipinski definition) is 1. The van der Waals surface area contributed by atoms with E-state index in [-0.39, 0.29) is 5.82 Å². The first-order valence-corrected chi connectivity index (χ1v) is 5.74. The van der Waals surface area contributed by atoms with Crippen LogP contribution in [-0.2, 0) is 13.2 Å². The monoisotopic (exact) mass is 246 g/mol. The maximum Gasteiger partial charge on any atom is 0.138 e. The molecule has 1 heterocycles. The van der Waals surface area contributed by atoms with Crippen molar-refractivity contribution in [2.45, 2.75) is 13.2 Å². The van der Waals surface area contributed by atoms with Crippen molar-refractivity contribution in [3.8, 4) is 5.75 Å². The van der Waals surface area contributed by atoms with Crippen molar-refractivity contribution in [3.63, 3.8) is 0 Å². The minimum atomic E-state index is -0.239. The van der Waals surface area contributed by atoms with Gasteiger partial charge in [-0.05, 0) is 36.9 Å². The van der Waals surface area contributed by atoms with Crippen molar-refractivity contribution in [2.75, 3.05) is 7.05 Å². The zero-order chi connectivity index (χ0) is 12.8. The van der Waals surface area contributed by atoms with Crippen molar-refractivity contribution >= 4 is 0 Å². The molecule has 1 aromatic carbocycles. The van der Waals surface area contributed by atoms with Gasteiger partial charge in [0.15, 0.2) is 0 Å². The molecule has 1 aromatic heterocycles. The summed E-state index contributed by atoms with van der Waals surface area (Å²) in [6.45, 7) is 1.14. The molecule has 0 fully saturated rings. The number of hydrogen-bond acceptors (Lipinski definition) is 3. The summed E-state index contributed by atoms with van der Waals surface area (Å²) >= 11 is 0. The largest absolute Gasteiger partial charge is 0.487 e. The average Bonchev–Trinajstić information content (AvgIpc) is 2.40. The summed E-state index contributed by atoms with van der Waals surface area (Å²) in [5.41, 5.74) is 1.89. The normalized spacial score (nSPS) is 10.3. The topological polar surface area (TPSA) is 34.1 Å². The molecule has 2 aromatic rings. The lowest BCUT2D eigenvalue weighted by atomic mass is 10.2. The summed E-state index contributed by atoms with van der Waals surface area (Å²) in [7, 11) is 1.88. The number of rotatable bonds is 5. The van der Waals surface area contributed by atoms with Gasteiger partial charge >= 0.3 is 0 Å². The quantitative estimate of drug-likeness (QED) is 0.880. The second kappa shape index (κ2) is 6.12. The van der Waals surface area contributed by atoms with E-state index in [1.165, 1.54) is 12.1 Å². The molecule has 0 radical (unpaired) electrons. The fourth-order valence-electron chi connectivity index (χ4n) is 1.53. The molecule has 0 unspecified atom stereocenters. The Labute approximate surface area is 106 Å². The summed E-state index contributed by atoms with van der Waals surface area (Å²) < 4.78 is 18.3. The summed E-state index contributed by atoms with van der Waals surface area (Å²) in [6.07, 6.45) is 1.69. The standard InChI is InChI=1S/C14H15FN2O/c1-16-8-13-6-7-14(9-17-13)18-10-11-2-4-12(15)5-3-11/h2-7,9,16H,8,10H2,1H3. The minimum Gasteiger partial charge on any atom is -0.487 e. The van der Waals surface area contributed by atoms with Crippen LogP contribution in [0.15, 0.2) is 42.6 Å². The molecule has 0 aliphatic rings. The molecular weight excluding hydrogens is 231 g/mol. The van der Waals surface area contributed by atoms with Gasteiger partial charge in [0.25, 0.3) is 0 Å². The summed E-state index contributed by atoms with van der Waals surface area (Å²) in [4.78, 5) is 4.25. The summed E-state index contributed by atoms with van der Waals surface area (Å²) in [6, 6.07) is 10.1. The van der Waals surface area contributed by atoms with Crippen molar-refractivity contribution in [1.29, 1.82) is 0 Å². The number of benzene rings is 1. The molecule has 0 aliphatic carbocycles. The molecule has 4 heteroatoms. The minimum absolute atomic E-state index is 0.239. The van der Waals surface area contributed by atoms with Gasteiger partial charge in [0.1, 0.15) is 18.2 Å². The second-order valence-corrected chi connectivity index (χ2v) is 3.93. The third-order valence-corrected chi connectivity index (χ3v) is 2.47. The molecule has 1 N–H and O–H groups in total. The molecule has 0 amide bonds. The highest BCUT2D eigenvalue weighted by atomic mass is 19.1. The number of pyridine rings is 1. The molecule has 0 spiro atoms. The van der Waals surface area contributed by atoms with Gasteiger partial charge in [-0.25, -0.2) is 4.39 Å². The van der Waals surface area contributed by atoms with E-state index < -0.39 is 0 Å². The van der Waals surface area contributed by atoms with Crippen molar-refractivity contribution in [1.82, 2.24) is 10.3 Å². The smallest absolute Gasteiger partial charge is 0.138 e. The Morgan fingerprint density at radius 1 is 1.17 bits per heavy atom. The fourth-order valence-corrected chi connectivity index (χ4v) is 1.53. The first kappa shape index (κ1) is 12.5. The van der Waals surface area contributed by atoms with Crippen LogP contribution in [0.1, 0.15) is 11.3 Å². The first-order chi connectivity index (χ1) is 8.78. The van der Waals surface area contributed by atoms with E-state index >= 15 is 0 Å². The maximum atomic E-state index is 12.7. The van der Waals surface area contributed by atoms with Gasteiger partial charge in [-0.15, -0.1) is 0 Å². The van der Waals surface area contributed by atoms with Gasteiger partial charge < -0.3 is 10.1 Å². The highest BCUT2D eigenvalue weighted by molar-refractivity contribution is 5.21. The molecule has 94 valence electrons. The third kappa shape index (κ3) is 3.53. The number of aromatic nitrogens is 1. The Balaban J connectivity index is 1.91. The maximum absolute atomic E-state index is 12.7. The molecular formula is C14H15FN2O. The lowest BCUT2D eigenvalue weighted by Gasteiger charge is -2.06. The Morgan fingerprint density at radius 2 is 1.94 bits per heavy atom. The van der Waals surface area contributed by atoms with E-state index in [9.17, 15) is 4.39 Å². The highest BCUT2D eigenvalue weighted by Crippen LogP contribution is 2.12. The van der Waals surface area contributed by atoms with E-state index in [2.05, 4.69) is 10.3 Å². The molecule has 0 aliphatic heterocycles. The molecule has 0 atom stereocenters. The number of ether oxygens (including phenoxy) is 1. The average molecular weight is 246 g/mol. The fraction of sp³-hybridized carbons (Fsp3) is 0.214. The van der Waals surface area contributed by atoms with Crippen LogP contribution in [0.3, 0.4) is 0 Å². The molecule has 0 bridgehead atoms. The van der Waals surface area contributed by atoms with E-state index in [0.29, 0.717) is 12.4 Å². The number of halogens is 1. The predicted octanol–water partition coefficient (Wildman–Crippen LogP) is 2.52. The first-order valence-electron chi connectivity index (χ1n) is 5.74. The van der Waals surface area contributed by atoms with E-state index in [4.69, 9.17) is 4.74 Å². The van der Waals surface area contributed by atoms with Gasteiger partial charge in [0, 0.05) is 6.54 Å². The summed E-state index contributed by atoms with van der Waals surface area (Å²) in [5, 5.41) is 3.03. The van der Waals surface area contributed by atoms with Crippen LogP contribution in [0.4, 0.5) is 4.39 Å². The van der Waals surface area contributed by atoms with Crippen molar-refractivity contribution in [3.05, 3.63) is 59.7 Å². The Hall–Kier alpha value is -1.94. The molecule has 0 saturated carbocycles. The van der Waals surface area contributed by atoms with Crippen molar-refractivity contribution in [2.24, 2.45) is 0 Å². The van der Waals surface area contributed by atoms with Gasteiger partial charge in [-0.1, -0.05) is 12.1 Å². The van der Waals surface area contributed by atoms with Crippen molar-refractivity contribution < 1.29 is 9.13 Å². The summed E-state index contributed by atoms with van der Waals surface area (Å²) in [5.74, 6) is 0.469. The highest BCUT2D eigenvalue weighted by Gasteiger charge is 1.98. The van der Waals surface area contributed by atoms with Crippen LogP contribution in [0, 0.1) is 5.82 Å². The van der Waals surface area contributed by atoms with E-state index in [0.717, 1.165) is 17.8 Å². The van der Waals surface area contributed by atoms with Gasteiger partial charge in [0.2, 0.25) is 0 Å². The third-order valence-electron chi connectivity index (χ3n) is 2.47. The molecule has 0 saturated heterocycles. The number of nitrogens with zero attached hydrogens (tertiary/aromatic N) is 1.